The van der Waals surface area contributed by atoms with E-state index in [0.717, 1.165) is 0 Å². The second-order valence-electron chi connectivity index (χ2n) is 5.94. The van der Waals surface area contributed by atoms with Crippen molar-refractivity contribution in [3.05, 3.63) is 12.7 Å². The Hall–Kier alpha value is -0.650. The molecular weight excluding hydrogens is 341 g/mol. The van der Waals surface area contributed by atoms with Crippen LogP contribution in [0.25, 0.3) is 0 Å². The summed E-state index contributed by atoms with van der Waals surface area (Å²) in [5.41, 5.74) is -0.324. The Labute approximate surface area is 182 Å². The molecule has 0 saturated heterocycles. The second-order valence-corrected chi connectivity index (χ2v) is 5.94. The molecule has 0 fully saturated rings. The minimum absolute atomic E-state index is 0. The second kappa shape index (κ2) is 29.1. The Kier molecular flexibility index (Phi) is 36.9. The first kappa shape index (κ1) is 33.0. The fraction of sp³-hybridized carbons (Fsp3) is 0.750. The van der Waals surface area contributed by atoms with Crippen LogP contribution in [0.1, 0.15) is 97.8 Å². The van der Waals surface area contributed by atoms with Gasteiger partial charge in [-0.25, -0.2) is 4.79 Å². The summed E-state index contributed by atoms with van der Waals surface area (Å²) in [4.78, 5) is 18.8. The van der Waals surface area contributed by atoms with E-state index in [2.05, 4.69) is 13.5 Å². The molecule has 0 rings (SSSR count). The molecule has 0 radical (unpaired) electrons. The van der Waals surface area contributed by atoms with Crippen molar-refractivity contribution in [2.75, 3.05) is 0 Å². The molecule has 0 amide bonds. The van der Waals surface area contributed by atoms with Gasteiger partial charge >= 0.3 is 41.5 Å². The van der Waals surface area contributed by atoms with Gasteiger partial charge in [0, 0.05) is 6.42 Å². The predicted molar refractivity (Wildman–Crippen MR) is 113 cm³/mol. The molecule has 0 atom stereocenters. The molecule has 0 unspecified atom stereocenters. The molecule has 0 spiro atoms. The van der Waals surface area contributed by atoms with Crippen LogP contribution in [0.5, 0.6) is 0 Å². The number of rotatable bonds is 13. The molecule has 3 N–H and O–H groups in total. The Morgan fingerprint density at radius 3 is 1.42 bits per heavy atom. The molecule has 0 aliphatic heterocycles. The van der Waals surface area contributed by atoms with E-state index in [1.807, 2.05) is 6.08 Å². The first-order chi connectivity index (χ1) is 11.8. The number of carboxylic acids is 2. The molecule has 5 nitrogen and oxygen atoms in total. The van der Waals surface area contributed by atoms with Gasteiger partial charge in [-0.1, -0.05) is 77.7 Å². The van der Waals surface area contributed by atoms with E-state index < -0.39 is 11.9 Å². The third-order valence-electron chi connectivity index (χ3n) is 3.39. The molecule has 26 heavy (non-hydrogen) atoms. The number of carbonyl (C=O) groups is 2. The van der Waals surface area contributed by atoms with Gasteiger partial charge in [-0.3, -0.25) is 10.2 Å². The van der Waals surface area contributed by atoms with Gasteiger partial charge in [0.05, 0.1) is 0 Å². The van der Waals surface area contributed by atoms with Crippen molar-refractivity contribution in [1.29, 1.82) is 5.41 Å². The normalized spacial score (nSPS) is 8.73. The van der Waals surface area contributed by atoms with Crippen LogP contribution in [-0.4, -0.2) is 57.4 Å². The molecule has 6 heteroatoms. The first-order valence-electron chi connectivity index (χ1n) is 9.44. The minimum atomic E-state index is -1.16. The first-order valence-corrected chi connectivity index (χ1v) is 9.44. The molecule has 0 aromatic carbocycles. The Bertz CT molecular complexity index is 335. The summed E-state index contributed by atoms with van der Waals surface area (Å²) in [5, 5.41) is 21.8. The van der Waals surface area contributed by atoms with Gasteiger partial charge in [0.1, 0.15) is 5.71 Å². The predicted octanol–water partition coefficient (Wildman–Crippen LogP) is 5.43. The number of nitrogens with one attached hydrogen (secondary N) is 1. The number of aliphatic carboxylic acids is 2. The van der Waals surface area contributed by atoms with E-state index in [-0.39, 0.29) is 41.7 Å². The quantitative estimate of drug-likeness (QED) is 0.171. The van der Waals surface area contributed by atoms with Gasteiger partial charge in [-0.05, 0) is 19.8 Å². The molecule has 0 heterocycles. The third kappa shape index (κ3) is 43.6. The number of hydrogen-bond donors (Lipinski definition) is 3. The third-order valence-corrected chi connectivity index (χ3v) is 3.39. The van der Waals surface area contributed by atoms with Gasteiger partial charge in [-0.15, -0.1) is 6.58 Å². The van der Waals surface area contributed by atoms with Crippen LogP contribution in [0.15, 0.2) is 12.7 Å². The molecule has 0 aliphatic rings. The zero-order valence-electron chi connectivity index (χ0n) is 16.5. The molecule has 0 aromatic heterocycles. The zero-order chi connectivity index (χ0) is 19.9. The van der Waals surface area contributed by atoms with E-state index in [4.69, 9.17) is 15.6 Å². The van der Waals surface area contributed by atoms with Crippen molar-refractivity contribution in [1.82, 2.24) is 0 Å². The van der Waals surface area contributed by atoms with Crippen LogP contribution >= 0.6 is 0 Å². The van der Waals surface area contributed by atoms with Gasteiger partial charge in [0.2, 0.25) is 0 Å². The molecule has 0 saturated carbocycles. The van der Waals surface area contributed by atoms with Crippen LogP contribution in [0.4, 0.5) is 0 Å². The maximum atomic E-state index is 9.47. The van der Waals surface area contributed by atoms with Crippen molar-refractivity contribution in [3.63, 3.8) is 0 Å². The van der Waals surface area contributed by atoms with Crippen molar-refractivity contribution >= 4 is 47.2 Å². The van der Waals surface area contributed by atoms with E-state index in [9.17, 15) is 9.59 Å². The van der Waals surface area contributed by atoms with Gasteiger partial charge in [0.15, 0.2) is 0 Å². The van der Waals surface area contributed by atoms with Crippen molar-refractivity contribution in [2.24, 2.45) is 0 Å². The summed E-state index contributed by atoms with van der Waals surface area (Å²) in [7, 11) is 0. The van der Waals surface area contributed by atoms with Crippen LogP contribution in [0.3, 0.4) is 0 Å². The SMILES string of the molecule is C=CCCCCCCCCCCCC.CC(=N)C(=O)O.CCC(=O)O.[NaH]. The summed E-state index contributed by atoms with van der Waals surface area (Å²) in [5.74, 6) is -1.90. The topological polar surface area (TPSA) is 98.5 Å². The Morgan fingerprint density at radius 2 is 1.19 bits per heavy atom. The fourth-order valence-electron chi connectivity index (χ4n) is 1.78. The van der Waals surface area contributed by atoms with E-state index in [1.54, 1.807) is 6.92 Å². The summed E-state index contributed by atoms with van der Waals surface area (Å²) < 4.78 is 0. The van der Waals surface area contributed by atoms with E-state index in [1.165, 1.54) is 77.6 Å². The monoisotopic (exact) mass is 381 g/mol. The Balaban J connectivity index is -0.000000168. The van der Waals surface area contributed by atoms with Gasteiger partial charge in [0.25, 0.3) is 0 Å². The number of allylic oxidation sites excluding steroid dienone is 1. The summed E-state index contributed by atoms with van der Waals surface area (Å²) in [6.45, 7) is 8.84. The molecule has 150 valence electrons. The maximum absolute atomic E-state index is 9.47. The molecule has 0 aliphatic carbocycles. The fourth-order valence-corrected chi connectivity index (χ4v) is 1.78. The van der Waals surface area contributed by atoms with Crippen LogP contribution in [0, 0.1) is 5.41 Å². The average Bonchev–Trinajstić information content (AvgIpc) is 2.57. The van der Waals surface area contributed by atoms with Gasteiger partial charge < -0.3 is 10.2 Å². The van der Waals surface area contributed by atoms with Crippen LogP contribution in [0.2, 0.25) is 0 Å². The zero-order valence-corrected chi connectivity index (χ0v) is 16.5. The standard InChI is InChI=1S/C14H28.C3H5NO2.C3H6O2.Na.H/c1-3-5-7-9-11-13-14-12-10-8-6-4-2;1-2(4)3(5)6;1-2-3(4)5;;/h3H,1,4-14H2,2H3;4H,1H3,(H,5,6);2H2,1H3,(H,4,5);;. The summed E-state index contributed by atoms with van der Waals surface area (Å²) in [6.07, 6.45) is 17.7. The Morgan fingerprint density at radius 1 is 0.885 bits per heavy atom. The molecular formula is C20H40NNaO4. The number of unbranched alkanes of at least 4 members (excludes halogenated alkanes) is 10. The average molecular weight is 382 g/mol. The van der Waals surface area contributed by atoms with Crippen LogP contribution < -0.4 is 0 Å². The van der Waals surface area contributed by atoms with E-state index >= 15 is 0 Å². The van der Waals surface area contributed by atoms with Crippen molar-refractivity contribution in [2.45, 2.75) is 97.8 Å². The molecule has 0 bridgehead atoms. The summed E-state index contributed by atoms with van der Waals surface area (Å²) in [6, 6.07) is 0. The number of hydrogen-bond acceptors (Lipinski definition) is 3. The summed E-state index contributed by atoms with van der Waals surface area (Å²) >= 11 is 0. The number of carboxylic acid groups (broad SMARTS) is 2. The van der Waals surface area contributed by atoms with Crippen LogP contribution in [-0.2, 0) is 9.59 Å². The van der Waals surface area contributed by atoms with Gasteiger partial charge in [-0.2, -0.15) is 0 Å². The van der Waals surface area contributed by atoms with E-state index in [0.29, 0.717) is 0 Å². The van der Waals surface area contributed by atoms with Crippen molar-refractivity contribution in [3.8, 4) is 0 Å². The molecule has 0 aromatic rings. The van der Waals surface area contributed by atoms with Crippen molar-refractivity contribution < 1.29 is 19.8 Å².